The minimum atomic E-state index is -0.877. The van der Waals surface area contributed by atoms with Crippen molar-refractivity contribution in [1.82, 2.24) is 9.80 Å². The van der Waals surface area contributed by atoms with Crippen molar-refractivity contribution in [3.05, 3.63) is 0 Å². The molecule has 16 heavy (non-hydrogen) atoms. The third kappa shape index (κ3) is 3.48. The lowest BCUT2D eigenvalue weighted by atomic mass is 10.0. The van der Waals surface area contributed by atoms with E-state index >= 15 is 0 Å². The number of amides is 1. The van der Waals surface area contributed by atoms with Crippen LogP contribution in [-0.2, 0) is 9.59 Å². The van der Waals surface area contributed by atoms with E-state index in [1.54, 1.807) is 0 Å². The summed E-state index contributed by atoms with van der Waals surface area (Å²) >= 11 is 0. The highest BCUT2D eigenvalue weighted by Gasteiger charge is 2.31. The van der Waals surface area contributed by atoms with Crippen LogP contribution in [0.15, 0.2) is 0 Å². The van der Waals surface area contributed by atoms with Gasteiger partial charge >= 0.3 is 5.97 Å². The van der Waals surface area contributed by atoms with Crippen LogP contribution in [0, 0.1) is 0 Å². The molecule has 0 aromatic heterocycles. The quantitative estimate of drug-likeness (QED) is 0.757. The fourth-order valence-electron chi connectivity index (χ4n) is 1.95. The Hall–Kier alpha value is -1.10. The number of hydrogen-bond donors (Lipinski definition) is 1. The monoisotopic (exact) mass is 228 g/mol. The van der Waals surface area contributed by atoms with Crippen molar-refractivity contribution >= 4 is 11.9 Å². The zero-order valence-electron chi connectivity index (χ0n) is 9.98. The van der Waals surface area contributed by atoms with Gasteiger partial charge in [0.25, 0.3) is 0 Å². The Labute approximate surface area is 96.0 Å². The summed E-state index contributed by atoms with van der Waals surface area (Å²) in [6.45, 7) is 1.25. The molecule has 1 rings (SSSR count). The van der Waals surface area contributed by atoms with Gasteiger partial charge in [0.15, 0.2) is 0 Å². The molecule has 0 saturated carbocycles. The Morgan fingerprint density at radius 3 is 2.62 bits per heavy atom. The molecule has 0 bridgehead atoms. The van der Waals surface area contributed by atoms with Gasteiger partial charge in [-0.05, 0) is 33.4 Å². The first-order valence-electron chi connectivity index (χ1n) is 5.69. The van der Waals surface area contributed by atoms with Crippen molar-refractivity contribution in [2.75, 3.05) is 27.2 Å². The third-order valence-electron chi connectivity index (χ3n) is 2.88. The highest BCUT2D eigenvalue weighted by molar-refractivity contribution is 5.83. The third-order valence-corrected chi connectivity index (χ3v) is 2.88. The number of aliphatic carboxylic acids is 1. The number of rotatable bonds is 4. The number of piperidine rings is 1. The lowest BCUT2D eigenvalue weighted by Crippen LogP contribution is -2.48. The molecule has 1 atom stereocenters. The number of nitrogens with zero attached hydrogens (tertiary/aromatic N) is 2. The second-order valence-electron chi connectivity index (χ2n) is 4.49. The number of carboxylic acid groups (broad SMARTS) is 1. The van der Waals surface area contributed by atoms with Crippen LogP contribution in [0.3, 0.4) is 0 Å². The first-order valence-corrected chi connectivity index (χ1v) is 5.69. The molecular weight excluding hydrogens is 208 g/mol. The molecule has 1 aliphatic heterocycles. The molecule has 92 valence electrons. The number of hydrogen-bond acceptors (Lipinski definition) is 3. The van der Waals surface area contributed by atoms with E-state index in [0.717, 1.165) is 12.8 Å². The van der Waals surface area contributed by atoms with E-state index in [4.69, 9.17) is 5.11 Å². The standard InChI is InChI=1S/C11H20N2O3/c1-12(2)8-6-10(14)13-7-4-3-5-9(13)11(15)16/h9H,3-8H2,1-2H3,(H,15,16)/t9-/m1/s1. The Bertz CT molecular complexity index is 266. The highest BCUT2D eigenvalue weighted by atomic mass is 16.4. The van der Waals surface area contributed by atoms with Crippen molar-refractivity contribution in [3.8, 4) is 0 Å². The Morgan fingerprint density at radius 2 is 2.06 bits per heavy atom. The minimum Gasteiger partial charge on any atom is -0.480 e. The molecule has 1 saturated heterocycles. The zero-order valence-corrected chi connectivity index (χ0v) is 9.98. The maximum atomic E-state index is 11.9. The van der Waals surface area contributed by atoms with Crippen molar-refractivity contribution in [3.63, 3.8) is 0 Å². The van der Waals surface area contributed by atoms with E-state index in [1.165, 1.54) is 4.90 Å². The molecule has 5 nitrogen and oxygen atoms in total. The smallest absolute Gasteiger partial charge is 0.326 e. The van der Waals surface area contributed by atoms with Crippen LogP contribution in [0.4, 0.5) is 0 Å². The maximum absolute atomic E-state index is 11.9. The largest absolute Gasteiger partial charge is 0.480 e. The number of likely N-dealkylation sites (tertiary alicyclic amines) is 1. The normalized spacial score (nSPS) is 21.2. The molecule has 1 amide bonds. The minimum absolute atomic E-state index is 0.0409. The molecule has 0 unspecified atom stereocenters. The highest BCUT2D eigenvalue weighted by Crippen LogP contribution is 2.18. The summed E-state index contributed by atoms with van der Waals surface area (Å²) in [5.74, 6) is -0.918. The maximum Gasteiger partial charge on any atom is 0.326 e. The molecule has 1 N–H and O–H groups in total. The number of carboxylic acids is 1. The van der Waals surface area contributed by atoms with Gasteiger partial charge in [-0.2, -0.15) is 0 Å². The number of carbonyl (C=O) groups excluding carboxylic acids is 1. The van der Waals surface area contributed by atoms with Gasteiger partial charge in [-0.1, -0.05) is 0 Å². The zero-order chi connectivity index (χ0) is 12.1. The summed E-state index contributed by atoms with van der Waals surface area (Å²) in [5, 5.41) is 9.03. The lowest BCUT2D eigenvalue weighted by molar-refractivity contribution is -0.152. The second kappa shape index (κ2) is 5.84. The predicted octanol–water partition coefficient (Wildman–Crippen LogP) is 0.404. The average molecular weight is 228 g/mol. The van der Waals surface area contributed by atoms with E-state index in [-0.39, 0.29) is 5.91 Å². The van der Waals surface area contributed by atoms with Crippen molar-refractivity contribution in [2.24, 2.45) is 0 Å². The average Bonchev–Trinajstić information content (AvgIpc) is 2.25. The fraction of sp³-hybridized carbons (Fsp3) is 0.818. The first-order chi connectivity index (χ1) is 7.52. The van der Waals surface area contributed by atoms with Gasteiger partial charge < -0.3 is 14.9 Å². The molecule has 5 heteroatoms. The summed E-state index contributed by atoms with van der Waals surface area (Å²) in [7, 11) is 3.80. The van der Waals surface area contributed by atoms with E-state index < -0.39 is 12.0 Å². The molecule has 1 aliphatic rings. The van der Waals surface area contributed by atoms with Gasteiger partial charge in [-0.3, -0.25) is 4.79 Å². The van der Waals surface area contributed by atoms with Crippen LogP contribution in [0.2, 0.25) is 0 Å². The topological polar surface area (TPSA) is 60.9 Å². The van der Waals surface area contributed by atoms with Gasteiger partial charge in [-0.15, -0.1) is 0 Å². The summed E-state index contributed by atoms with van der Waals surface area (Å²) in [6.07, 6.45) is 2.80. The van der Waals surface area contributed by atoms with Crippen LogP contribution in [0.25, 0.3) is 0 Å². The summed E-state index contributed by atoms with van der Waals surface area (Å²) in [5.41, 5.74) is 0. The van der Waals surface area contributed by atoms with Gasteiger partial charge in [0, 0.05) is 19.5 Å². The predicted molar refractivity (Wildman–Crippen MR) is 60.2 cm³/mol. The molecule has 0 aromatic rings. The van der Waals surface area contributed by atoms with E-state index in [1.807, 2.05) is 19.0 Å². The molecule has 0 aliphatic carbocycles. The van der Waals surface area contributed by atoms with Gasteiger partial charge in [0.2, 0.25) is 5.91 Å². The van der Waals surface area contributed by atoms with E-state index in [9.17, 15) is 9.59 Å². The SMILES string of the molecule is CN(C)CCC(=O)N1CCCC[C@@H]1C(=O)O. The van der Waals surface area contributed by atoms with Gasteiger partial charge in [0.05, 0.1) is 0 Å². The van der Waals surface area contributed by atoms with Crippen LogP contribution >= 0.6 is 0 Å². The van der Waals surface area contributed by atoms with Crippen molar-refractivity contribution < 1.29 is 14.7 Å². The molecule has 0 radical (unpaired) electrons. The van der Waals surface area contributed by atoms with E-state index in [2.05, 4.69) is 0 Å². The van der Waals surface area contributed by atoms with Gasteiger partial charge in [0.1, 0.15) is 6.04 Å². The molecular formula is C11H20N2O3. The van der Waals surface area contributed by atoms with Crippen molar-refractivity contribution in [2.45, 2.75) is 31.7 Å². The fourth-order valence-corrected chi connectivity index (χ4v) is 1.95. The van der Waals surface area contributed by atoms with Crippen LogP contribution in [0.1, 0.15) is 25.7 Å². The molecule has 1 heterocycles. The lowest BCUT2D eigenvalue weighted by Gasteiger charge is -2.33. The number of carbonyl (C=O) groups is 2. The second-order valence-corrected chi connectivity index (χ2v) is 4.49. The van der Waals surface area contributed by atoms with Crippen LogP contribution < -0.4 is 0 Å². The molecule has 0 spiro atoms. The summed E-state index contributed by atoms with van der Waals surface area (Å²) in [4.78, 5) is 26.3. The van der Waals surface area contributed by atoms with Crippen molar-refractivity contribution in [1.29, 1.82) is 0 Å². The van der Waals surface area contributed by atoms with Gasteiger partial charge in [-0.25, -0.2) is 4.79 Å². The Kier molecular flexibility index (Phi) is 4.73. The molecule has 0 aromatic carbocycles. The summed E-state index contributed by atoms with van der Waals surface area (Å²) in [6, 6.07) is -0.608. The van der Waals surface area contributed by atoms with E-state index in [0.29, 0.717) is 25.9 Å². The Morgan fingerprint density at radius 1 is 1.38 bits per heavy atom. The van der Waals surface area contributed by atoms with Crippen LogP contribution in [0.5, 0.6) is 0 Å². The Balaban J connectivity index is 2.54. The molecule has 1 fully saturated rings. The van der Waals surface area contributed by atoms with Crippen LogP contribution in [-0.4, -0.2) is 60.0 Å². The summed E-state index contributed by atoms with van der Waals surface area (Å²) < 4.78 is 0. The first kappa shape index (κ1) is 13.0.